The van der Waals surface area contributed by atoms with Gasteiger partial charge >= 0.3 is 0 Å². The molecule has 0 unspecified atom stereocenters. The zero-order valence-corrected chi connectivity index (χ0v) is 11.7. The molecule has 0 bridgehead atoms. The number of anilines is 1. The molecule has 0 aliphatic heterocycles. The summed E-state index contributed by atoms with van der Waals surface area (Å²) >= 11 is 11.9. The molecule has 0 heterocycles. The molecule has 3 heteroatoms. The molecule has 1 nitrogen and oxygen atoms in total. The molecule has 18 heavy (non-hydrogen) atoms. The molecule has 2 rings (SSSR count). The Morgan fingerprint density at radius 2 is 1.72 bits per heavy atom. The van der Waals surface area contributed by atoms with Crippen molar-refractivity contribution in [1.82, 2.24) is 0 Å². The van der Waals surface area contributed by atoms with Crippen LogP contribution in [0.25, 0.3) is 0 Å². The van der Waals surface area contributed by atoms with Crippen LogP contribution in [-0.2, 0) is 6.42 Å². The van der Waals surface area contributed by atoms with E-state index >= 15 is 0 Å². The molecule has 0 amide bonds. The lowest BCUT2D eigenvalue weighted by Gasteiger charge is -2.08. The highest BCUT2D eigenvalue weighted by atomic mass is 35.5. The Morgan fingerprint density at radius 1 is 1.00 bits per heavy atom. The highest BCUT2D eigenvalue weighted by Crippen LogP contribution is 2.20. The Hall–Kier alpha value is -1.18. The molecular formula is C15H15Cl2N. The molecule has 2 aromatic carbocycles. The van der Waals surface area contributed by atoms with E-state index in [0.717, 1.165) is 34.3 Å². The number of rotatable bonds is 4. The first-order valence-corrected chi connectivity index (χ1v) is 6.65. The molecular weight excluding hydrogens is 265 g/mol. The van der Waals surface area contributed by atoms with Crippen LogP contribution in [0, 0.1) is 6.92 Å². The summed E-state index contributed by atoms with van der Waals surface area (Å²) in [5, 5.41) is 4.93. The third-order valence-electron chi connectivity index (χ3n) is 2.83. The maximum Gasteiger partial charge on any atom is 0.0455 e. The molecule has 2 aromatic rings. The maximum atomic E-state index is 6.07. The minimum absolute atomic E-state index is 0.775. The minimum Gasteiger partial charge on any atom is -0.385 e. The van der Waals surface area contributed by atoms with Crippen LogP contribution in [-0.4, -0.2) is 6.54 Å². The van der Waals surface area contributed by atoms with Crippen LogP contribution in [0.3, 0.4) is 0 Å². The van der Waals surface area contributed by atoms with E-state index in [0.29, 0.717) is 0 Å². The van der Waals surface area contributed by atoms with Crippen molar-refractivity contribution in [2.45, 2.75) is 13.3 Å². The predicted molar refractivity (Wildman–Crippen MR) is 79.8 cm³/mol. The summed E-state index contributed by atoms with van der Waals surface area (Å²) < 4.78 is 0. The first-order chi connectivity index (χ1) is 8.65. The molecule has 0 aromatic heterocycles. The van der Waals surface area contributed by atoms with Gasteiger partial charge in [-0.1, -0.05) is 41.4 Å². The van der Waals surface area contributed by atoms with Gasteiger partial charge in [0.25, 0.3) is 0 Å². The topological polar surface area (TPSA) is 12.0 Å². The molecule has 0 saturated heterocycles. The average molecular weight is 280 g/mol. The first kappa shape index (κ1) is 13.3. The number of nitrogens with one attached hydrogen (secondary N) is 1. The van der Waals surface area contributed by atoms with E-state index in [4.69, 9.17) is 23.2 Å². The summed E-state index contributed by atoms with van der Waals surface area (Å²) in [6, 6.07) is 14.0. The maximum absolute atomic E-state index is 6.07. The molecule has 94 valence electrons. The molecule has 0 atom stereocenters. The zero-order chi connectivity index (χ0) is 13.0. The van der Waals surface area contributed by atoms with Crippen LogP contribution >= 0.6 is 23.2 Å². The van der Waals surface area contributed by atoms with Gasteiger partial charge in [0.1, 0.15) is 0 Å². The van der Waals surface area contributed by atoms with Crippen LogP contribution in [0.1, 0.15) is 11.1 Å². The van der Waals surface area contributed by atoms with Gasteiger partial charge in [-0.25, -0.2) is 0 Å². The summed E-state index contributed by atoms with van der Waals surface area (Å²) in [6.45, 7) is 2.88. The van der Waals surface area contributed by atoms with Crippen molar-refractivity contribution in [2.75, 3.05) is 11.9 Å². The van der Waals surface area contributed by atoms with Crippen LogP contribution < -0.4 is 5.32 Å². The van der Waals surface area contributed by atoms with Gasteiger partial charge in [-0.05, 0) is 48.7 Å². The van der Waals surface area contributed by atoms with E-state index < -0.39 is 0 Å². The van der Waals surface area contributed by atoms with Crippen molar-refractivity contribution in [1.29, 1.82) is 0 Å². The monoisotopic (exact) mass is 279 g/mol. The van der Waals surface area contributed by atoms with Gasteiger partial charge in [-0.2, -0.15) is 0 Å². The van der Waals surface area contributed by atoms with Crippen LogP contribution in [0.15, 0.2) is 42.5 Å². The molecule has 0 aliphatic rings. The highest BCUT2D eigenvalue weighted by Gasteiger charge is 1.98. The summed E-state index contributed by atoms with van der Waals surface area (Å²) in [4.78, 5) is 0. The molecule has 0 saturated carbocycles. The van der Waals surface area contributed by atoms with E-state index in [9.17, 15) is 0 Å². The molecule has 0 fully saturated rings. The van der Waals surface area contributed by atoms with Crippen LogP contribution in [0.2, 0.25) is 10.0 Å². The SMILES string of the molecule is Cc1ccc(NCCc2ccc(Cl)cc2)cc1Cl. The van der Waals surface area contributed by atoms with Crippen molar-refractivity contribution in [2.24, 2.45) is 0 Å². The molecule has 0 aliphatic carbocycles. The summed E-state index contributed by atoms with van der Waals surface area (Å²) in [6.07, 6.45) is 0.961. The quantitative estimate of drug-likeness (QED) is 0.835. The van der Waals surface area contributed by atoms with Crippen molar-refractivity contribution >= 4 is 28.9 Å². The highest BCUT2D eigenvalue weighted by molar-refractivity contribution is 6.31. The smallest absolute Gasteiger partial charge is 0.0455 e. The van der Waals surface area contributed by atoms with Crippen molar-refractivity contribution in [3.63, 3.8) is 0 Å². The second kappa shape index (κ2) is 6.12. The molecule has 0 spiro atoms. The minimum atomic E-state index is 0.775. The Bertz CT molecular complexity index is 521. The van der Waals surface area contributed by atoms with Gasteiger partial charge in [0.05, 0.1) is 0 Å². The van der Waals surface area contributed by atoms with Gasteiger partial charge in [-0.3, -0.25) is 0 Å². The second-order valence-corrected chi connectivity index (χ2v) is 5.11. The van der Waals surface area contributed by atoms with E-state index in [1.807, 2.05) is 49.4 Å². The van der Waals surface area contributed by atoms with Gasteiger partial charge in [0, 0.05) is 22.3 Å². The lowest BCUT2D eigenvalue weighted by Crippen LogP contribution is -2.04. The predicted octanol–water partition coefficient (Wildman–Crippen LogP) is 4.96. The number of hydrogen-bond acceptors (Lipinski definition) is 1. The normalized spacial score (nSPS) is 10.4. The Labute approximate surface area is 118 Å². The van der Waals surface area contributed by atoms with Crippen molar-refractivity contribution in [3.05, 3.63) is 63.6 Å². The van der Waals surface area contributed by atoms with Gasteiger partial charge in [0.2, 0.25) is 0 Å². The van der Waals surface area contributed by atoms with E-state index in [1.54, 1.807) is 0 Å². The molecule has 0 radical (unpaired) electrons. The van der Waals surface area contributed by atoms with Crippen molar-refractivity contribution < 1.29 is 0 Å². The van der Waals surface area contributed by atoms with E-state index in [2.05, 4.69) is 5.32 Å². The van der Waals surface area contributed by atoms with Gasteiger partial charge in [0.15, 0.2) is 0 Å². The van der Waals surface area contributed by atoms with Gasteiger partial charge < -0.3 is 5.32 Å². The van der Waals surface area contributed by atoms with E-state index in [1.165, 1.54) is 5.56 Å². The standard InChI is InChI=1S/C15H15Cl2N/c1-11-2-7-14(10-15(11)17)18-9-8-12-3-5-13(16)6-4-12/h2-7,10,18H,8-9H2,1H3. The van der Waals surface area contributed by atoms with Crippen molar-refractivity contribution in [3.8, 4) is 0 Å². The van der Waals surface area contributed by atoms with Crippen LogP contribution in [0.4, 0.5) is 5.69 Å². The van der Waals surface area contributed by atoms with Crippen LogP contribution in [0.5, 0.6) is 0 Å². The Kier molecular flexibility index (Phi) is 4.51. The number of aryl methyl sites for hydroxylation is 1. The third-order valence-corrected chi connectivity index (χ3v) is 3.49. The third kappa shape index (κ3) is 3.66. The Morgan fingerprint density at radius 3 is 2.39 bits per heavy atom. The number of halogens is 2. The second-order valence-electron chi connectivity index (χ2n) is 4.27. The number of benzene rings is 2. The Balaban J connectivity index is 1.88. The first-order valence-electron chi connectivity index (χ1n) is 5.89. The largest absolute Gasteiger partial charge is 0.385 e. The van der Waals surface area contributed by atoms with Gasteiger partial charge in [-0.15, -0.1) is 0 Å². The summed E-state index contributed by atoms with van der Waals surface area (Å²) in [5.74, 6) is 0. The fourth-order valence-corrected chi connectivity index (χ4v) is 2.01. The fourth-order valence-electron chi connectivity index (χ4n) is 1.71. The summed E-state index contributed by atoms with van der Waals surface area (Å²) in [7, 11) is 0. The zero-order valence-electron chi connectivity index (χ0n) is 10.2. The lowest BCUT2D eigenvalue weighted by atomic mass is 10.1. The molecule has 1 N–H and O–H groups in total. The fraction of sp³-hybridized carbons (Fsp3) is 0.200. The average Bonchev–Trinajstić information content (AvgIpc) is 2.36. The number of hydrogen-bond donors (Lipinski definition) is 1. The van der Waals surface area contributed by atoms with E-state index in [-0.39, 0.29) is 0 Å². The lowest BCUT2D eigenvalue weighted by molar-refractivity contribution is 1.02. The summed E-state index contributed by atoms with van der Waals surface area (Å²) in [5.41, 5.74) is 3.42.